The SMILES string of the molecule is CC[C@H](C)[C@@H]([C@@H](CC(=O)N1CCC[C@H]1[C@H](OC)[C@@H](C)C(=O)N[C@@H](Cc1ccccc1)C(=O)ON1C(=O)CCC1=O)OC)N(C)C(=O)[C@@H](NC(=O)[C@H](C(C)C)N(C)C)C(C)C. The second-order valence-corrected chi connectivity index (χ2v) is 17.2. The largest absolute Gasteiger partial charge is 0.379 e. The van der Waals surface area contributed by atoms with Crippen molar-refractivity contribution < 1.29 is 47.9 Å². The van der Waals surface area contributed by atoms with Gasteiger partial charge in [0.15, 0.2) is 0 Å². The lowest BCUT2D eigenvalue weighted by atomic mass is 9.89. The number of imide groups is 1. The number of hydrogen-bond acceptors (Lipinski definition) is 11. The monoisotopic (exact) mass is 843 g/mol. The number of amides is 6. The zero-order valence-electron chi connectivity index (χ0n) is 37.8. The summed E-state index contributed by atoms with van der Waals surface area (Å²) in [5, 5.41) is 6.24. The molecule has 2 N–H and O–H groups in total. The molecule has 0 spiro atoms. The maximum Gasteiger partial charge on any atom is 0.355 e. The summed E-state index contributed by atoms with van der Waals surface area (Å²) in [7, 11) is 8.37. The van der Waals surface area contributed by atoms with Gasteiger partial charge in [0.05, 0.1) is 42.7 Å². The third-order valence-corrected chi connectivity index (χ3v) is 12.0. The van der Waals surface area contributed by atoms with Crippen molar-refractivity contribution in [2.45, 2.75) is 136 Å². The van der Waals surface area contributed by atoms with Gasteiger partial charge < -0.3 is 34.7 Å². The number of methoxy groups -OCH3 is 2. The summed E-state index contributed by atoms with van der Waals surface area (Å²) >= 11 is 0. The van der Waals surface area contributed by atoms with Crippen molar-refractivity contribution in [2.75, 3.05) is 41.9 Å². The van der Waals surface area contributed by atoms with Crippen LogP contribution in [0.5, 0.6) is 0 Å². The van der Waals surface area contributed by atoms with Crippen LogP contribution in [0.1, 0.15) is 92.6 Å². The van der Waals surface area contributed by atoms with Gasteiger partial charge in [0.1, 0.15) is 12.1 Å². The number of ether oxygens (including phenoxy) is 2. The molecule has 0 aliphatic carbocycles. The molecule has 16 nitrogen and oxygen atoms in total. The number of nitrogens with one attached hydrogen (secondary N) is 2. The van der Waals surface area contributed by atoms with E-state index in [-0.39, 0.29) is 61.2 Å². The fraction of sp³-hybridized carbons (Fsp3) is 0.705. The second-order valence-electron chi connectivity index (χ2n) is 17.2. The maximum atomic E-state index is 14.3. The minimum Gasteiger partial charge on any atom is -0.379 e. The molecule has 16 heteroatoms. The first-order valence-corrected chi connectivity index (χ1v) is 21.3. The van der Waals surface area contributed by atoms with Crippen LogP contribution in [0.15, 0.2) is 30.3 Å². The zero-order valence-corrected chi connectivity index (χ0v) is 37.8. The van der Waals surface area contributed by atoms with Crippen LogP contribution in [0.2, 0.25) is 0 Å². The van der Waals surface area contributed by atoms with Gasteiger partial charge in [-0.15, -0.1) is 5.06 Å². The van der Waals surface area contributed by atoms with Gasteiger partial charge >= 0.3 is 5.97 Å². The number of rotatable bonds is 22. The lowest BCUT2D eigenvalue weighted by Gasteiger charge is -2.41. The van der Waals surface area contributed by atoms with E-state index in [2.05, 4.69) is 10.6 Å². The molecule has 1 aromatic carbocycles. The lowest BCUT2D eigenvalue weighted by Crippen LogP contribution is -2.59. The van der Waals surface area contributed by atoms with Gasteiger partial charge in [0.25, 0.3) is 11.8 Å². The summed E-state index contributed by atoms with van der Waals surface area (Å²) in [4.78, 5) is 104. The molecule has 3 rings (SSSR count). The van der Waals surface area contributed by atoms with Crippen molar-refractivity contribution >= 4 is 41.4 Å². The molecule has 0 bridgehead atoms. The Hall–Kier alpha value is -4.41. The number of benzene rings is 1. The van der Waals surface area contributed by atoms with E-state index in [1.165, 1.54) is 14.2 Å². The Balaban J connectivity index is 1.81. The Kier molecular flexibility index (Phi) is 19.1. The van der Waals surface area contributed by atoms with Gasteiger partial charge in [-0.25, -0.2) is 4.79 Å². The highest BCUT2D eigenvalue weighted by Gasteiger charge is 2.44. The van der Waals surface area contributed by atoms with E-state index in [0.29, 0.717) is 36.4 Å². The number of likely N-dealkylation sites (N-methyl/N-ethyl adjacent to an activating group) is 2. The molecule has 0 saturated carbocycles. The first kappa shape index (κ1) is 49.9. The molecule has 0 unspecified atom stereocenters. The Morgan fingerprint density at radius 1 is 0.850 bits per heavy atom. The Morgan fingerprint density at radius 3 is 1.98 bits per heavy atom. The highest BCUT2D eigenvalue weighted by atomic mass is 16.7. The first-order valence-electron chi connectivity index (χ1n) is 21.3. The molecule has 2 saturated heterocycles. The van der Waals surface area contributed by atoms with E-state index >= 15 is 0 Å². The smallest absolute Gasteiger partial charge is 0.355 e. The predicted octanol–water partition coefficient (Wildman–Crippen LogP) is 2.97. The van der Waals surface area contributed by atoms with Gasteiger partial charge in [-0.2, -0.15) is 0 Å². The van der Waals surface area contributed by atoms with Crippen LogP contribution in [0.4, 0.5) is 0 Å². The highest BCUT2D eigenvalue weighted by Crippen LogP contribution is 2.30. The third kappa shape index (κ3) is 12.6. The average molecular weight is 843 g/mol. The van der Waals surface area contributed by atoms with E-state index in [0.717, 1.165) is 0 Å². The van der Waals surface area contributed by atoms with Gasteiger partial charge in [-0.05, 0) is 50.3 Å². The third-order valence-electron chi connectivity index (χ3n) is 12.0. The number of likely N-dealkylation sites (tertiary alicyclic amines) is 1. The van der Waals surface area contributed by atoms with Crippen molar-refractivity contribution in [2.24, 2.45) is 23.7 Å². The van der Waals surface area contributed by atoms with Gasteiger partial charge in [-0.3, -0.25) is 33.7 Å². The summed E-state index contributed by atoms with van der Waals surface area (Å²) < 4.78 is 12.0. The standard InChI is InChI=1S/C44H70N6O10/c1-13-28(6)39(48(10)43(56)37(26(2)3)46-42(55)38(27(4)5)47(8)9)33(58-11)25-36(53)49-23-17-20-32(49)40(59-12)29(7)41(54)45-31(24-30-18-15-14-16-19-30)44(57)60-50-34(51)21-22-35(50)52/h14-16,18-19,26-29,31-33,37-40H,13,17,20-25H2,1-12H3,(H,45,54)(H,46,55)/t28-,29+,31-,32-,33+,37-,38-,39-,40+/m0/s1. The van der Waals surface area contributed by atoms with Crippen LogP contribution in [0.25, 0.3) is 0 Å². The number of hydrogen-bond donors (Lipinski definition) is 2. The Bertz CT molecular complexity index is 1620. The van der Waals surface area contributed by atoms with Crippen molar-refractivity contribution in [3.8, 4) is 0 Å². The van der Waals surface area contributed by atoms with Crippen LogP contribution in [0, 0.1) is 23.7 Å². The molecular formula is C44H70N6O10. The number of carbonyl (C=O) groups is 7. The van der Waals surface area contributed by atoms with E-state index in [1.807, 2.05) is 66.6 Å². The van der Waals surface area contributed by atoms with Crippen LogP contribution >= 0.6 is 0 Å². The summed E-state index contributed by atoms with van der Waals surface area (Å²) in [6.45, 7) is 13.8. The maximum absolute atomic E-state index is 14.3. The van der Waals surface area contributed by atoms with Crippen molar-refractivity contribution in [1.82, 2.24) is 30.4 Å². The molecule has 2 aliphatic heterocycles. The summed E-state index contributed by atoms with van der Waals surface area (Å²) in [5.74, 6) is -4.62. The molecule has 2 fully saturated rings. The Morgan fingerprint density at radius 2 is 1.47 bits per heavy atom. The number of hydroxylamine groups is 2. The van der Waals surface area contributed by atoms with Crippen molar-refractivity contribution in [1.29, 1.82) is 0 Å². The molecule has 2 aliphatic rings. The van der Waals surface area contributed by atoms with Crippen LogP contribution < -0.4 is 10.6 Å². The minimum absolute atomic E-state index is 0.0167. The number of carbonyl (C=O) groups excluding carboxylic acids is 7. The van der Waals surface area contributed by atoms with Crippen LogP contribution in [0.3, 0.4) is 0 Å². The molecule has 0 aromatic heterocycles. The van der Waals surface area contributed by atoms with E-state index in [9.17, 15) is 33.6 Å². The van der Waals surface area contributed by atoms with E-state index in [1.54, 1.807) is 48.0 Å². The van der Waals surface area contributed by atoms with Crippen molar-refractivity contribution in [3.63, 3.8) is 0 Å². The average Bonchev–Trinajstić information content (AvgIpc) is 3.81. The molecule has 2 heterocycles. The fourth-order valence-electron chi connectivity index (χ4n) is 8.57. The summed E-state index contributed by atoms with van der Waals surface area (Å²) in [6.07, 6.45) is 0.286. The molecular weight excluding hydrogens is 773 g/mol. The van der Waals surface area contributed by atoms with E-state index < -0.39 is 72.0 Å². The van der Waals surface area contributed by atoms with Gasteiger partial charge in [-0.1, -0.05) is 85.2 Å². The first-order chi connectivity index (χ1) is 28.3. The topological polar surface area (TPSA) is 184 Å². The van der Waals surface area contributed by atoms with Crippen molar-refractivity contribution in [3.05, 3.63) is 35.9 Å². The second kappa shape index (κ2) is 23.0. The highest BCUT2D eigenvalue weighted by molar-refractivity contribution is 6.02. The fourth-order valence-corrected chi connectivity index (χ4v) is 8.57. The summed E-state index contributed by atoms with van der Waals surface area (Å²) in [6, 6.07) is 5.47. The Labute approximate surface area is 356 Å². The molecule has 1 aromatic rings. The lowest BCUT2D eigenvalue weighted by molar-refractivity contribution is -0.199. The normalized spacial score (nSPS) is 19.8. The van der Waals surface area contributed by atoms with E-state index in [4.69, 9.17) is 14.3 Å². The van der Waals surface area contributed by atoms with Crippen LogP contribution in [-0.4, -0.2) is 145 Å². The number of nitrogens with zero attached hydrogens (tertiary/aromatic N) is 4. The van der Waals surface area contributed by atoms with Gasteiger partial charge in [0.2, 0.25) is 23.6 Å². The predicted molar refractivity (Wildman–Crippen MR) is 224 cm³/mol. The summed E-state index contributed by atoms with van der Waals surface area (Å²) in [5.41, 5.74) is 0.714. The van der Waals surface area contributed by atoms with Crippen LogP contribution in [-0.2, 0) is 54.3 Å². The molecule has 336 valence electrons. The molecule has 0 radical (unpaired) electrons. The zero-order chi connectivity index (χ0) is 45.0. The molecule has 9 atom stereocenters. The van der Waals surface area contributed by atoms with Gasteiger partial charge in [0, 0.05) is 47.1 Å². The molecule has 6 amide bonds. The minimum atomic E-state index is -1.24. The quantitative estimate of drug-likeness (QED) is 0.164. The molecule has 60 heavy (non-hydrogen) atoms.